The molecule has 33 heavy (non-hydrogen) atoms. The highest BCUT2D eigenvalue weighted by Crippen LogP contribution is 2.32. The van der Waals surface area contributed by atoms with Crippen LogP contribution in [0.4, 0.5) is 9.52 Å². The van der Waals surface area contributed by atoms with Gasteiger partial charge >= 0.3 is 0 Å². The van der Waals surface area contributed by atoms with Crippen LogP contribution in [0.3, 0.4) is 0 Å². The van der Waals surface area contributed by atoms with Crippen molar-refractivity contribution in [2.24, 2.45) is 0 Å². The Bertz CT molecular complexity index is 1100. The lowest BCUT2D eigenvalue weighted by Crippen LogP contribution is -2.50. The number of aromatic nitrogens is 1. The maximum Gasteiger partial charge on any atom is 0.272 e. The number of thiazole rings is 1. The van der Waals surface area contributed by atoms with E-state index in [1.165, 1.54) is 17.4 Å². The summed E-state index contributed by atoms with van der Waals surface area (Å²) in [6.45, 7) is 7.95. The molecular weight excluding hydrogens is 465 g/mol. The minimum Gasteiger partial charge on any atom is -0.478 e. The van der Waals surface area contributed by atoms with Crippen molar-refractivity contribution >= 4 is 44.2 Å². The van der Waals surface area contributed by atoms with Crippen molar-refractivity contribution in [3.63, 3.8) is 0 Å². The highest BCUT2D eigenvalue weighted by atomic mass is 35.5. The third-order valence-electron chi connectivity index (χ3n) is 5.50. The number of nitrogens with zero attached hydrogens (tertiary/aromatic N) is 3. The molecule has 0 bridgehead atoms. The first-order valence-electron chi connectivity index (χ1n) is 11.0. The van der Waals surface area contributed by atoms with E-state index in [1.54, 1.807) is 49.1 Å². The Morgan fingerprint density at radius 2 is 1.97 bits per heavy atom. The number of anilines is 1. The van der Waals surface area contributed by atoms with Gasteiger partial charge in [-0.25, -0.2) is 9.37 Å². The van der Waals surface area contributed by atoms with Gasteiger partial charge in [-0.2, -0.15) is 0 Å². The van der Waals surface area contributed by atoms with E-state index in [0.717, 1.165) is 39.3 Å². The average molecular weight is 492 g/mol. The fraction of sp³-hybridized carbons (Fsp3) is 0.417. The van der Waals surface area contributed by atoms with E-state index >= 15 is 0 Å². The van der Waals surface area contributed by atoms with Gasteiger partial charge in [0.2, 0.25) is 0 Å². The van der Waals surface area contributed by atoms with E-state index in [2.05, 4.69) is 9.88 Å². The van der Waals surface area contributed by atoms with Crippen molar-refractivity contribution in [1.82, 2.24) is 9.88 Å². The summed E-state index contributed by atoms with van der Waals surface area (Å²) in [7, 11) is 0. The number of benzene rings is 2. The number of rotatable bonds is 8. The lowest BCUT2D eigenvalue weighted by atomic mass is 10.1. The Kier molecular flexibility index (Phi) is 7.48. The number of halogens is 2. The number of carbonyl (C=O) groups excluding carboxylic acids is 1. The van der Waals surface area contributed by atoms with Gasteiger partial charge in [-0.15, -0.1) is 0 Å². The van der Waals surface area contributed by atoms with E-state index in [1.807, 2.05) is 6.07 Å². The van der Waals surface area contributed by atoms with Crippen molar-refractivity contribution in [1.29, 1.82) is 0 Å². The summed E-state index contributed by atoms with van der Waals surface area (Å²) in [4.78, 5) is 22.1. The van der Waals surface area contributed by atoms with E-state index < -0.39 is 11.4 Å². The van der Waals surface area contributed by atoms with Gasteiger partial charge in [0, 0.05) is 31.2 Å². The molecule has 1 aliphatic rings. The van der Waals surface area contributed by atoms with Crippen molar-refractivity contribution in [3.05, 3.63) is 53.3 Å². The monoisotopic (exact) mass is 491 g/mol. The molecule has 1 aliphatic heterocycles. The highest BCUT2D eigenvalue weighted by molar-refractivity contribution is 7.22. The van der Waals surface area contributed by atoms with Crippen LogP contribution in [0, 0.1) is 5.82 Å². The summed E-state index contributed by atoms with van der Waals surface area (Å²) in [6.07, 6.45) is 0.751. The van der Waals surface area contributed by atoms with Gasteiger partial charge in [-0.3, -0.25) is 14.6 Å². The Labute approximate surface area is 201 Å². The first-order chi connectivity index (χ1) is 15.8. The van der Waals surface area contributed by atoms with Crippen LogP contribution < -0.4 is 9.64 Å². The second kappa shape index (κ2) is 10.3. The van der Waals surface area contributed by atoms with Gasteiger partial charge in [-0.1, -0.05) is 29.0 Å². The lowest BCUT2D eigenvalue weighted by Gasteiger charge is -2.32. The normalized spacial score (nSPS) is 15.0. The second-order valence-corrected chi connectivity index (χ2v) is 9.86. The smallest absolute Gasteiger partial charge is 0.272 e. The maximum atomic E-state index is 14.3. The van der Waals surface area contributed by atoms with Crippen LogP contribution in [-0.2, 0) is 9.53 Å². The number of amides is 1. The fourth-order valence-corrected chi connectivity index (χ4v) is 4.88. The Balaban J connectivity index is 1.56. The molecule has 1 aromatic heterocycles. The molecule has 9 heteroatoms. The molecule has 6 nitrogen and oxygen atoms in total. The zero-order valence-electron chi connectivity index (χ0n) is 18.7. The molecule has 2 heterocycles. The van der Waals surface area contributed by atoms with Crippen LogP contribution in [0.5, 0.6) is 5.75 Å². The lowest BCUT2D eigenvalue weighted by molar-refractivity contribution is -0.131. The van der Waals surface area contributed by atoms with Crippen LogP contribution in [-0.4, -0.2) is 60.8 Å². The summed E-state index contributed by atoms with van der Waals surface area (Å²) in [5.41, 5.74) is -0.886. The van der Waals surface area contributed by atoms with Crippen molar-refractivity contribution in [2.75, 3.05) is 44.3 Å². The van der Waals surface area contributed by atoms with Crippen molar-refractivity contribution in [3.8, 4) is 5.75 Å². The molecule has 0 atom stereocenters. The Hall–Kier alpha value is -2.26. The molecule has 0 spiro atoms. The molecule has 0 N–H and O–H groups in total. The average Bonchev–Trinajstić information content (AvgIpc) is 3.24. The minimum absolute atomic E-state index is 0.237. The number of hydrogen-bond acceptors (Lipinski definition) is 6. The molecule has 0 saturated carbocycles. The molecule has 0 aliphatic carbocycles. The summed E-state index contributed by atoms with van der Waals surface area (Å²) >= 11 is 7.27. The van der Waals surface area contributed by atoms with Gasteiger partial charge < -0.3 is 9.47 Å². The van der Waals surface area contributed by atoms with Crippen LogP contribution in [0.1, 0.15) is 20.3 Å². The number of fused-ring (bicyclic) bond motifs is 1. The van der Waals surface area contributed by atoms with E-state index in [4.69, 9.17) is 21.1 Å². The van der Waals surface area contributed by atoms with Gasteiger partial charge in [0.1, 0.15) is 17.1 Å². The van der Waals surface area contributed by atoms with Crippen molar-refractivity contribution < 1.29 is 18.7 Å². The molecular formula is C24H27ClFN3O3S. The van der Waals surface area contributed by atoms with Crippen LogP contribution in [0.2, 0.25) is 5.02 Å². The molecule has 1 saturated heterocycles. The summed E-state index contributed by atoms with van der Waals surface area (Å²) in [5, 5.41) is 1.06. The van der Waals surface area contributed by atoms with Gasteiger partial charge in [0.15, 0.2) is 10.7 Å². The standard InChI is InChI=1S/C24H27ClFN3O3S/c1-24(2,32-18-9-7-17(25)8-10-18)22(30)29(12-4-11-28-13-15-31-16-14-28)23-27-21-19(26)5-3-6-20(21)33-23/h3,5-10H,4,11-16H2,1-2H3. The minimum atomic E-state index is -1.16. The zero-order valence-corrected chi connectivity index (χ0v) is 20.3. The second-order valence-electron chi connectivity index (χ2n) is 8.41. The SMILES string of the molecule is CC(C)(Oc1ccc(Cl)cc1)C(=O)N(CCCN1CCOCC1)c1nc2c(F)cccc2s1. The molecule has 3 aromatic rings. The number of ether oxygens (including phenoxy) is 2. The van der Waals surface area contributed by atoms with Crippen molar-refractivity contribution in [2.45, 2.75) is 25.9 Å². The molecule has 176 valence electrons. The third-order valence-corrected chi connectivity index (χ3v) is 6.79. The molecule has 1 amide bonds. The zero-order chi connectivity index (χ0) is 23.4. The number of carbonyl (C=O) groups is 1. The summed E-state index contributed by atoms with van der Waals surface area (Å²) < 4.78 is 26.5. The number of morpholine rings is 1. The largest absolute Gasteiger partial charge is 0.478 e. The van der Waals surface area contributed by atoms with Crippen LogP contribution in [0.15, 0.2) is 42.5 Å². The van der Waals surface area contributed by atoms with Crippen LogP contribution in [0.25, 0.3) is 10.2 Å². The number of hydrogen-bond donors (Lipinski definition) is 0. The summed E-state index contributed by atoms with van der Waals surface area (Å²) in [5.74, 6) is -0.0901. The Morgan fingerprint density at radius 3 is 2.67 bits per heavy atom. The molecule has 4 rings (SSSR count). The molecule has 0 radical (unpaired) electrons. The van der Waals surface area contributed by atoms with Gasteiger partial charge in [0.25, 0.3) is 5.91 Å². The topological polar surface area (TPSA) is 54.9 Å². The van der Waals surface area contributed by atoms with E-state index in [9.17, 15) is 9.18 Å². The molecule has 1 fully saturated rings. The summed E-state index contributed by atoms with van der Waals surface area (Å²) in [6, 6.07) is 11.7. The maximum absolute atomic E-state index is 14.3. The predicted molar refractivity (Wildman–Crippen MR) is 130 cm³/mol. The third kappa shape index (κ3) is 5.81. The Morgan fingerprint density at radius 1 is 1.24 bits per heavy atom. The predicted octanol–water partition coefficient (Wildman–Crippen LogP) is 5.00. The van der Waals surface area contributed by atoms with E-state index in [0.29, 0.717) is 27.1 Å². The molecule has 0 unspecified atom stereocenters. The highest BCUT2D eigenvalue weighted by Gasteiger charge is 2.36. The van der Waals surface area contributed by atoms with Crippen LogP contribution >= 0.6 is 22.9 Å². The first-order valence-corrected chi connectivity index (χ1v) is 12.1. The number of para-hydroxylation sites is 1. The van der Waals surface area contributed by atoms with Gasteiger partial charge in [0.05, 0.1) is 17.9 Å². The quantitative estimate of drug-likeness (QED) is 0.443. The molecule has 2 aromatic carbocycles. The van der Waals surface area contributed by atoms with E-state index in [-0.39, 0.29) is 11.4 Å². The fourth-order valence-electron chi connectivity index (χ4n) is 3.75. The van der Waals surface area contributed by atoms with Gasteiger partial charge in [-0.05, 0) is 56.7 Å². The first kappa shape index (κ1) is 23.9.